The summed E-state index contributed by atoms with van der Waals surface area (Å²) in [6.45, 7) is 2.77. The fraction of sp³-hybridized carbons (Fsp3) is 0.400. The van der Waals surface area contributed by atoms with E-state index in [0.29, 0.717) is 24.0 Å². The van der Waals surface area contributed by atoms with Gasteiger partial charge in [0.1, 0.15) is 0 Å². The number of carbonyl (C=O) groups is 1. The molecule has 2 unspecified atom stereocenters. The van der Waals surface area contributed by atoms with Crippen LogP contribution in [0.1, 0.15) is 41.9 Å². The molecule has 2 heterocycles. The summed E-state index contributed by atoms with van der Waals surface area (Å²) in [6.07, 6.45) is 1.88. The minimum atomic E-state index is -0.980. The molecule has 1 saturated heterocycles. The molecule has 2 atom stereocenters. The molecule has 0 aliphatic carbocycles. The molecule has 1 aliphatic heterocycles. The predicted octanol–water partition coefficient (Wildman–Crippen LogP) is 2.72. The van der Waals surface area contributed by atoms with Gasteiger partial charge in [-0.25, -0.2) is 4.79 Å². The first kappa shape index (κ1) is 13.8. The Morgan fingerprint density at radius 3 is 3.05 bits per heavy atom. The van der Waals surface area contributed by atoms with Crippen LogP contribution in [0.4, 0.5) is 0 Å². The van der Waals surface area contributed by atoms with Crippen molar-refractivity contribution in [1.82, 2.24) is 10.2 Å². The standard InChI is InChI=1S/C15H16N2O4/c1-2-12-11(6-7-20-12)14-17-16-13(21-14)9-4-3-5-10(8-9)15(18)19/h3-5,8,11-12H,2,6-7H2,1H3,(H,18,19). The van der Waals surface area contributed by atoms with Crippen molar-refractivity contribution < 1.29 is 19.1 Å². The average molecular weight is 288 g/mol. The lowest BCUT2D eigenvalue weighted by Gasteiger charge is -2.12. The summed E-state index contributed by atoms with van der Waals surface area (Å²) in [5, 5.41) is 17.2. The number of nitrogens with zero attached hydrogens (tertiary/aromatic N) is 2. The van der Waals surface area contributed by atoms with E-state index in [1.54, 1.807) is 12.1 Å². The second kappa shape index (κ2) is 5.65. The number of aromatic carboxylic acids is 1. The molecule has 0 amide bonds. The SMILES string of the molecule is CCC1OCCC1c1nnc(-c2cccc(C(=O)O)c2)o1. The van der Waals surface area contributed by atoms with Crippen molar-refractivity contribution in [3.63, 3.8) is 0 Å². The number of benzene rings is 1. The Balaban J connectivity index is 1.88. The third-order valence-electron chi connectivity index (χ3n) is 3.73. The van der Waals surface area contributed by atoms with E-state index in [1.165, 1.54) is 12.1 Å². The van der Waals surface area contributed by atoms with E-state index in [0.717, 1.165) is 12.8 Å². The number of carboxylic acids is 1. The Morgan fingerprint density at radius 1 is 1.43 bits per heavy atom. The van der Waals surface area contributed by atoms with Gasteiger partial charge in [0, 0.05) is 12.2 Å². The van der Waals surface area contributed by atoms with Crippen LogP contribution in [0.15, 0.2) is 28.7 Å². The zero-order valence-corrected chi connectivity index (χ0v) is 11.7. The molecule has 6 nitrogen and oxygen atoms in total. The Hall–Kier alpha value is -2.21. The summed E-state index contributed by atoms with van der Waals surface area (Å²) in [5.74, 6) is 0.0515. The van der Waals surface area contributed by atoms with Crippen molar-refractivity contribution in [2.24, 2.45) is 0 Å². The maximum Gasteiger partial charge on any atom is 0.335 e. The zero-order chi connectivity index (χ0) is 14.8. The highest BCUT2D eigenvalue weighted by Gasteiger charge is 2.32. The Morgan fingerprint density at radius 2 is 2.29 bits per heavy atom. The van der Waals surface area contributed by atoms with E-state index in [-0.39, 0.29) is 17.6 Å². The number of carboxylic acid groups (broad SMARTS) is 1. The van der Waals surface area contributed by atoms with Crippen LogP contribution in [-0.4, -0.2) is 34.0 Å². The molecule has 1 fully saturated rings. The van der Waals surface area contributed by atoms with Gasteiger partial charge in [0.25, 0.3) is 0 Å². The molecule has 2 aromatic rings. The molecule has 1 aliphatic rings. The maximum absolute atomic E-state index is 11.0. The van der Waals surface area contributed by atoms with Gasteiger partial charge in [-0.2, -0.15) is 0 Å². The van der Waals surface area contributed by atoms with E-state index >= 15 is 0 Å². The predicted molar refractivity (Wildman–Crippen MR) is 74.1 cm³/mol. The number of hydrogen-bond donors (Lipinski definition) is 1. The number of rotatable bonds is 4. The lowest BCUT2D eigenvalue weighted by atomic mass is 10.00. The van der Waals surface area contributed by atoms with E-state index in [1.807, 2.05) is 0 Å². The van der Waals surface area contributed by atoms with Crippen LogP contribution in [0.2, 0.25) is 0 Å². The van der Waals surface area contributed by atoms with E-state index < -0.39 is 5.97 Å². The minimum absolute atomic E-state index is 0.114. The molecule has 1 aromatic heterocycles. The molecule has 0 bridgehead atoms. The largest absolute Gasteiger partial charge is 0.478 e. The summed E-state index contributed by atoms with van der Waals surface area (Å²) in [6, 6.07) is 6.48. The first-order valence-electron chi connectivity index (χ1n) is 6.97. The first-order chi connectivity index (χ1) is 10.2. The van der Waals surface area contributed by atoms with E-state index in [4.69, 9.17) is 14.3 Å². The van der Waals surface area contributed by atoms with Gasteiger partial charge in [-0.05, 0) is 31.0 Å². The van der Waals surface area contributed by atoms with Crippen molar-refractivity contribution in [3.05, 3.63) is 35.7 Å². The third kappa shape index (κ3) is 2.67. The molecule has 21 heavy (non-hydrogen) atoms. The molecule has 0 radical (unpaired) electrons. The van der Waals surface area contributed by atoms with Gasteiger partial charge in [-0.1, -0.05) is 13.0 Å². The Labute approximate surface area is 121 Å². The zero-order valence-electron chi connectivity index (χ0n) is 11.7. The molecule has 6 heteroatoms. The first-order valence-corrected chi connectivity index (χ1v) is 6.97. The summed E-state index contributed by atoms with van der Waals surface area (Å²) < 4.78 is 11.4. The molecule has 0 spiro atoms. The summed E-state index contributed by atoms with van der Waals surface area (Å²) in [4.78, 5) is 11.0. The quantitative estimate of drug-likeness (QED) is 0.931. The number of hydrogen-bond acceptors (Lipinski definition) is 5. The minimum Gasteiger partial charge on any atom is -0.478 e. The van der Waals surface area contributed by atoms with Gasteiger partial charge in [0.2, 0.25) is 11.8 Å². The maximum atomic E-state index is 11.0. The van der Waals surface area contributed by atoms with Crippen molar-refractivity contribution in [2.45, 2.75) is 31.8 Å². The lowest BCUT2D eigenvalue weighted by molar-refractivity contribution is 0.0697. The highest BCUT2D eigenvalue weighted by Crippen LogP contribution is 2.33. The van der Waals surface area contributed by atoms with Crippen LogP contribution >= 0.6 is 0 Å². The van der Waals surface area contributed by atoms with Crippen molar-refractivity contribution in [3.8, 4) is 11.5 Å². The third-order valence-corrected chi connectivity index (χ3v) is 3.73. The smallest absolute Gasteiger partial charge is 0.335 e. The molecule has 110 valence electrons. The van der Waals surface area contributed by atoms with Crippen molar-refractivity contribution in [2.75, 3.05) is 6.61 Å². The molecule has 1 aromatic carbocycles. The second-order valence-electron chi connectivity index (χ2n) is 5.04. The van der Waals surface area contributed by atoms with Gasteiger partial charge >= 0.3 is 5.97 Å². The monoisotopic (exact) mass is 288 g/mol. The van der Waals surface area contributed by atoms with E-state index in [2.05, 4.69) is 17.1 Å². The Bertz CT molecular complexity index is 653. The molecule has 0 saturated carbocycles. The van der Waals surface area contributed by atoms with Crippen LogP contribution < -0.4 is 0 Å². The molecular weight excluding hydrogens is 272 g/mol. The number of aromatic nitrogens is 2. The van der Waals surface area contributed by atoms with Crippen molar-refractivity contribution in [1.29, 1.82) is 0 Å². The highest BCUT2D eigenvalue weighted by atomic mass is 16.5. The topological polar surface area (TPSA) is 85.5 Å². The summed E-state index contributed by atoms with van der Waals surface area (Å²) >= 11 is 0. The molecule has 1 N–H and O–H groups in total. The average Bonchev–Trinajstić information content (AvgIpc) is 3.15. The van der Waals surface area contributed by atoms with Crippen LogP contribution in [0.25, 0.3) is 11.5 Å². The normalized spacial score (nSPS) is 21.6. The molecule has 3 rings (SSSR count). The van der Waals surface area contributed by atoms with Crippen LogP contribution in [-0.2, 0) is 4.74 Å². The van der Waals surface area contributed by atoms with Gasteiger partial charge in [0.05, 0.1) is 17.6 Å². The lowest BCUT2D eigenvalue weighted by Crippen LogP contribution is -2.13. The molecular formula is C15H16N2O4. The summed E-state index contributed by atoms with van der Waals surface area (Å²) in [5.41, 5.74) is 0.809. The highest BCUT2D eigenvalue weighted by molar-refractivity contribution is 5.88. The van der Waals surface area contributed by atoms with Crippen LogP contribution in [0, 0.1) is 0 Å². The summed E-state index contributed by atoms with van der Waals surface area (Å²) in [7, 11) is 0. The Kier molecular flexibility index (Phi) is 3.70. The van der Waals surface area contributed by atoms with Crippen LogP contribution in [0.3, 0.4) is 0 Å². The second-order valence-corrected chi connectivity index (χ2v) is 5.04. The van der Waals surface area contributed by atoms with Crippen LogP contribution in [0.5, 0.6) is 0 Å². The van der Waals surface area contributed by atoms with E-state index in [9.17, 15) is 4.79 Å². The van der Waals surface area contributed by atoms with Gasteiger partial charge < -0.3 is 14.3 Å². The van der Waals surface area contributed by atoms with Crippen molar-refractivity contribution >= 4 is 5.97 Å². The fourth-order valence-corrected chi connectivity index (χ4v) is 2.62. The fourth-order valence-electron chi connectivity index (χ4n) is 2.62. The van der Waals surface area contributed by atoms with Gasteiger partial charge in [0.15, 0.2) is 0 Å². The number of ether oxygens (including phenoxy) is 1. The van der Waals surface area contributed by atoms with Gasteiger partial charge in [-0.15, -0.1) is 10.2 Å². The van der Waals surface area contributed by atoms with Gasteiger partial charge in [-0.3, -0.25) is 0 Å².